The van der Waals surface area contributed by atoms with Gasteiger partial charge in [-0.25, -0.2) is 19.3 Å². The Kier molecular flexibility index (Phi) is 5.70. The molecule has 2 atom stereocenters. The van der Waals surface area contributed by atoms with Crippen molar-refractivity contribution in [1.82, 2.24) is 19.9 Å². The molecule has 0 aromatic carbocycles. The Labute approximate surface area is 161 Å². The van der Waals surface area contributed by atoms with E-state index in [1.165, 1.54) is 6.20 Å². The molecule has 0 aliphatic heterocycles. The molecular weight excluding hydrogens is 369 g/mol. The van der Waals surface area contributed by atoms with Crippen molar-refractivity contribution in [2.24, 2.45) is 5.92 Å². The maximum absolute atomic E-state index is 14.2. The zero-order valence-electron chi connectivity index (χ0n) is 15.4. The molecule has 6 nitrogen and oxygen atoms in total. The number of anilines is 1. The standard InChI is InChI=1S/C19H21ClFN5O/c1-4-10(2)5-16(27)11(3)25-19-15(21)9-24-18(26-19)14-8-23-17-13(14)6-12(20)7-22-17/h6-11H,4-5H2,1-3H3,(H,22,23)(H,24,25,26)/t10-,11-/m0/s1. The molecule has 3 aromatic heterocycles. The first kappa shape index (κ1) is 19.2. The molecule has 142 valence electrons. The summed E-state index contributed by atoms with van der Waals surface area (Å²) in [4.78, 5) is 27.9. The number of rotatable bonds is 7. The fourth-order valence-electron chi connectivity index (χ4n) is 2.71. The van der Waals surface area contributed by atoms with Gasteiger partial charge in [0.05, 0.1) is 17.3 Å². The van der Waals surface area contributed by atoms with Gasteiger partial charge in [-0.2, -0.15) is 0 Å². The van der Waals surface area contributed by atoms with E-state index in [4.69, 9.17) is 11.6 Å². The number of hydrogen-bond donors (Lipinski definition) is 2. The number of carbonyl (C=O) groups excluding carboxylic acids is 1. The van der Waals surface area contributed by atoms with Gasteiger partial charge in [-0.15, -0.1) is 0 Å². The Bertz CT molecular complexity index is 974. The second kappa shape index (κ2) is 8.00. The summed E-state index contributed by atoms with van der Waals surface area (Å²) in [6, 6.07) is 1.20. The van der Waals surface area contributed by atoms with Gasteiger partial charge < -0.3 is 10.3 Å². The fraction of sp³-hybridized carbons (Fsp3) is 0.368. The number of hydrogen-bond acceptors (Lipinski definition) is 5. The molecule has 3 aromatic rings. The van der Waals surface area contributed by atoms with Crippen LogP contribution in [0.1, 0.15) is 33.6 Å². The van der Waals surface area contributed by atoms with E-state index in [2.05, 4.69) is 25.3 Å². The maximum atomic E-state index is 14.2. The lowest BCUT2D eigenvalue weighted by Gasteiger charge is -2.16. The van der Waals surface area contributed by atoms with Crippen molar-refractivity contribution >= 4 is 34.2 Å². The van der Waals surface area contributed by atoms with Crippen LogP contribution in [0.3, 0.4) is 0 Å². The van der Waals surface area contributed by atoms with Crippen molar-refractivity contribution in [1.29, 1.82) is 0 Å². The smallest absolute Gasteiger partial charge is 0.183 e. The minimum atomic E-state index is -0.613. The number of aromatic amines is 1. The Balaban J connectivity index is 1.88. The summed E-state index contributed by atoms with van der Waals surface area (Å²) in [5, 5.41) is 4.09. The molecule has 0 saturated heterocycles. The van der Waals surface area contributed by atoms with Crippen molar-refractivity contribution in [3.63, 3.8) is 0 Å². The molecule has 0 fully saturated rings. The van der Waals surface area contributed by atoms with Crippen LogP contribution in [-0.4, -0.2) is 31.8 Å². The molecule has 0 amide bonds. The number of carbonyl (C=O) groups is 1. The van der Waals surface area contributed by atoms with Crippen molar-refractivity contribution in [2.75, 3.05) is 5.32 Å². The van der Waals surface area contributed by atoms with E-state index in [-0.39, 0.29) is 17.5 Å². The summed E-state index contributed by atoms with van der Waals surface area (Å²) in [5.41, 5.74) is 1.29. The molecule has 3 rings (SSSR count). The number of ketones is 1. The van der Waals surface area contributed by atoms with Crippen LogP contribution < -0.4 is 5.32 Å². The van der Waals surface area contributed by atoms with Crippen LogP contribution in [0.2, 0.25) is 5.02 Å². The predicted molar refractivity (Wildman–Crippen MR) is 104 cm³/mol. The van der Waals surface area contributed by atoms with Crippen molar-refractivity contribution in [3.8, 4) is 11.4 Å². The Morgan fingerprint density at radius 2 is 2.11 bits per heavy atom. The third-order valence-electron chi connectivity index (χ3n) is 4.57. The summed E-state index contributed by atoms with van der Waals surface area (Å²) in [6.45, 7) is 5.76. The lowest BCUT2D eigenvalue weighted by atomic mass is 9.99. The SMILES string of the molecule is CC[C@H](C)CC(=O)[C@H](C)Nc1nc(-c2c[nH]c3ncc(Cl)cc23)ncc1F. The molecule has 0 unspecified atom stereocenters. The van der Waals surface area contributed by atoms with Crippen LogP contribution in [0.4, 0.5) is 10.2 Å². The molecule has 0 aliphatic rings. The molecule has 0 radical (unpaired) electrons. The highest BCUT2D eigenvalue weighted by Gasteiger charge is 2.19. The number of halogens is 2. The molecule has 0 saturated carbocycles. The van der Waals surface area contributed by atoms with Crippen LogP contribution >= 0.6 is 11.6 Å². The minimum Gasteiger partial charge on any atom is -0.358 e. The fourth-order valence-corrected chi connectivity index (χ4v) is 2.87. The third kappa shape index (κ3) is 4.24. The number of nitrogens with one attached hydrogen (secondary N) is 2. The normalized spacial score (nSPS) is 13.5. The van der Waals surface area contributed by atoms with Crippen LogP contribution in [0.5, 0.6) is 0 Å². The van der Waals surface area contributed by atoms with Gasteiger partial charge in [0.25, 0.3) is 0 Å². The van der Waals surface area contributed by atoms with Gasteiger partial charge in [0.1, 0.15) is 5.65 Å². The van der Waals surface area contributed by atoms with Gasteiger partial charge in [-0.05, 0) is 18.9 Å². The van der Waals surface area contributed by atoms with E-state index in [1.54, 1.807) is 19.2 Å². The van der Waals surface area contributed by atoms with E-state index in [1.807, 2.05) is 13.8 Å². The number of fused-ring (bicyclic) bond motifs is 1. The first-order chi connectivity index (χ1) is 12.9. The van der Waals surface area contributed by atoms with Crippen molar-refractivity contribution in [2.45, 2.75) is 39.7 Å². The minimum absolute atomic E-state index is 0.00524. The predicted octanol–water partition coefficient (Wildman–Crippen LogP) is 4.62. The van der Waals surface area contributed by atoms with Crippen molar-refractivity contribution < 1.29 is 9.18 Å². The van der Waals surface area contributed by atoms with E-state index in [9.17, 15) is 9.18 Å². The summed E-state index contributed by atoms with van der Waals surface area (Å²) in [6.07, 6.45) is 5.68. The zero-order valence-corrected chi connectivity index (χ0v) is 16.1. The molecule has 27 heavy (non-hydrogen) atoms. The van der Waals surface area contributed by atoms with Gasteiger partial charge >= 0.3 is 0 Å². The van der Waals surface area contributed by atoms with E-state index < -0.39 is 11.9 Å². The number of aromatic nitrogens is 4. The second-order valence-electron chi connectivity index (χ2n) is 6.69. The van der Waals surface area contributed by atoms with Gasteiger partial charge in [0.2, 0.25) is 0 Å². The van der Waals surface area contributed by atoms with E-state index >= 15 is 0 Å². The average molecular weight is 390 g/mol. The van der Waals surface area contributed by atoms with Crippen LogP contribution in [0, 0.1) is 11.7 Å². The van der Waals surface area contributed by atoms with Crippen LogP contribution in [-0.2, 0) is 4.79 Å². The highest BCUT2D eigenvalue weighted by Crippen LogP contribution is 2.28. The molecule has 3 heterocycles. The number of nitrogens with zero attached hydrogens (tertiary/aromatic N) is 3. The van der Waals surface area contributed by atoms with Crippen molar-refractivity contribution in [3.05, 3.63) is 35.5 Å². The van der Waals surface area contributed by atoms with Crippen LogP contribution in [0.25, 0.3) is 22.4 Å². The molecule has 0 bridgehead atoms. The Morgan fingerprint density at radius 3 is 2.85 bits per heavy atom. The first-order valence-corrected chi connectivity index (χ1v) is 9.21. The quantitative estimate of drug-likeness (QED) is 0.616. The number of Topliss-reactive ketones (excluding diaryl/α,β-unsaturated/α-hetero) is 1. The molecule has 0 aliphatic carbocycles. The monoisotopic (exact) mass is 389 g/mol. The summed E-state index contributed by atoms with van der Waals surface area (Å²) in [7, 11) is 0. The summed E-state index contributed by atoms with van der Waals surface area (Å²) < 4.78 is 14.2. The van der Waals surface area contributed by atoms with Gasteiger partial charge in [0, 0.05) is 29.8 Å². The molecular formula is C19H21ClFN5O. The average Bonchev–Trinajstić information content (AvgIpc) is 3.06. The Morgan fingerprint density at radius 1 is 1.33 bits per heavy atom. The van der Waals surface area contributed by atoms with E-state index in [0.717, 1.165) is 18.0 Å². The van der Waals surface area contributed by atoms with Crippen LogP contribution in [0.15, 0.2) is 24.7 Å². The number of H-pyrrole nitrogens is 1. The molecule has 2 N–H and O–H groups in total. The summed E-state index contributed by atoms with van der Waals surface area (Å²) in [5.74, 6) is 0.00563. The van der Waals surface area contributed by atoms with Gasteiger partial charge in [-0.1, -0.05) is 31.9 Å². The number of pyridine rings is 1. The summed E-state index contributed by atoms with van der Waals surface area (Å²) >= 11 is 6.02. The topological polar surface area (TPSA) is 83.6 Å². The Hall–Kier alpha value is -2.54. The van der Waals surface area contributed by atoms with Gasteiger partial charge in [-0.3, -0.25) is 4.79 Å². The highest BCUT2D eigenvalue weighted by atomic mass is 35.5. The maximum Gasteiger partial charge on any atom is 0.183 e. The second-order valence-corrected chi connectivity index (χ2v) is 7.13. The molecule has 0 spiro atoms. The lowest BCUT2D eigenvalue weighted by molar-refractivity contribution is -0.120. The largest absolute Gasteiger partial charge is 0.358 e. The first-order valence-electron chi connectivity index (χ1n) is 8.83. The third-order valence-corrected chi connectivity index (χ3v) is 4.77. The van der Waals surface area contributed by atoms with E-state index in [0.29, 0.717) is 28.5 Å². The lowest BCUT2D eigenvalue weighted by Crippen LogP contribution is -2.28. The van der Waals surface area contributed by atoms with Gasteiger partial charge in [0.15, 0.2) is 23.2 Å². The molecule has 8 heteroatoms. The zero-order chi connectivity index (χ0) is 19.6. The highest BCUT2D eigenvalue weighted by molar-refractivity contribution is 6.31.